The zero-order valence-corrected chi connectivity index (χ0v) is 14.7. The van der Waals surface area contributed by atoms with Crippen molar-refractivity contribution in [3.8, 4) is 0 Å². The molecule has 146 valence electrons. The number of hydrogen-bond acceptors (Lipinski definition) is 2. The Morgan fingerprint density at radius 2 is 1.56 bits per heavy atom. The van der Waals surface area contributed by atoms with Gasteiger partial charge in [0, 0.05) is 5.56 Å². The lowest BCUT2D eigenvalue weighted by atomic mass is 9.94. The maximum absolute atomic E-state index is 14.0. The van der Waals surface area contributed by atoms with Crippen molar-refractivity contribution in [2.75, 3.05) is 0 Å². The van der Waals surface area contributed by atoms with E-state index in [1.54, 1.807) is 13.0 Å². The molecule has 1 atom stereocenters. The topological polar surface area (TPSA) is 34.1 Å². The maximum Gasteiger partial charge on any atom is 0.432 e. The fourth-order valence-electron chi connectivity index (χ4n) is 2.39. The Hall–Kier alpha value is -2.29. The molecule has 9 heteroatoms. The summed E-state index contributed by atoms with van der Waals surface area (Å²) < 4.78 is 103. The molecule has 0 aliphatic carbocycles. The van der Waals surface area contributed by atoms with Gasteiger partial charge in [-0.2, -0.15) is 13.2 Å². The lowest BCUT2D eigenvalue weighted by Gasteiger charge is -2.27. The molecular formula is C18H14F6O2S. The normalized spacial score (nSPS) is 14.8. The number of halogens is 6. The Bertz CT molecular complexity index is 949. The zero-order valence-electron chi connectivity index (χ0n) is 13.9. The SMILES string of the molecule is C=C(c1ccc(C(F)(C(F)F)C(F)(F)F)cc1)S(=O)(=O)c1cccc(C)c1. The minimum absolute atomic E-state index is 0.0840. The van der Waals surface area contributed by atoms with Crippen LogP contribution in [-0.4, -0.2) is 21.0 Å². The second-order valence-electron chi connectivity index (χ2n) is 5.83. The standard InChI is InChI=1S/C18H14F6O2S/c1-11-4-3-5-15(10-11)27(25,26)12(2)13-6-8-14(9-7-13)17(21,16(19)20)18(22,23)24/h3-10,16H,2H2,1H3. The largest absolute Gasteiger partial charge is 0.432 e. The van der Waals surface area contributed by atoms with E-state index in [1.165, 1.54) is 18.2 Å². The van der Waals surface area contributed by atoms with E-state index in [4.69, 9.17) is 0 Å². The Morgan fingerprint density at radius 3 is 2.00 bits per heavy atom. The predicted octanol–water partition coefficient (Wildman–Crippen LogP) is 5.43. The van der Waals surface area contributed by atoms with Gasteiger partial charge in [-0.1, -0.05) is 43.0 Å². The summed E-state index contributed by atoms with van der Waals surface area (Å²) in [5.74, 6) is 0. The minimum Gasteiger partial charge on any atom is -0.222 e. The van der Waals surface area contributed by atoms with Crippen LogP contribution in [0.1, 0.15) is 16.7 Å². The summed E-state index contributed by atoms with van der Waals surface area (Å²) in [5, 5.41) is 0. The molecule has 0 bridgehead atoms. The maximum atomic E-state index is 14.0. The van der Waals surface area contributed by atoms with E-state index in [1.807, 2.05) is 0 Å². The van der Waals surface area contributed by atoms with Crippen molar-refractivity contribution in [1.82, 2.24) is 0 Å². The molecule has 2 aromatic rings. The van der Waals surface area contributed by atoms with Gasteiger partial charge in [-0.15, -0.1) is 0 Å². The Morgan fingerprint density at radius 1 is 1.00 bits per heavy atom. The van der Waals surface area contributed by atoms with Crippen molar-refractivity contribution in [2.24, 2.45) is 0 Å². The molecule has 0 aliphatic heterocycles. The van der Waals surface area contributed by atoms with Crippen molar-refractivity contribution < 1.29 is 34.8 Å². The Kier molecular flexibility index (Phi) is 5.47. The van der Waals surface area contributed by atoms with E-state index >= 15 is 0 Å². The van der Waals surface area contributed by atoms with Crippen molar-refractivity contribution in [3.05, 3.63) is 71.8 Å². The van der Waals surface area contributed by atoms with Crippen LogP contribution in [0.3, 0.4) is 0 Å². The van der Waals surface area contributed by atoms with Crippen LogP contribution in [0.2, 0.25) is 0 Å². The average Bonchev–Trinajstić information content (AvgIpc) is 2.59. The number of benzene rings is 2. The monoisotopic (exact) mass is 408 g/mol. The first-order valence-electron chi connectivity index (χ1n) is 7.47. The average molecular weight is 408 g/mol. The number of rotatable bonds is 5. The van der Waals surface area contributed by atoms with Gasteiger partial charge in [0.15, 0.2) is 0 Å². The quantitative estimate of drug-likeness (QED) is 0.618. The van der Waals surface area contributed by atoms with Crippen LogP contribution >= 0.6 is 0 Å². The zero-order chi connectivity index (χ0) is 20.6. The van der Waals surface area contributed by atoms with Crippen LogP contribution in [0.5, 0.6) is 0 Å². The highest BCUT2D eigenvalue weighted by atomic mass is 32.2. The molecule has 0 spiro atoms. The highest BCUT2D eigenvalue weighted by molar-refractivity contribution is 8.00. The molecule has 0 aromatic heterocycles. The third-order valence-electron chi connectivity index (χ3n) is 3.96. The molecular weight excluding hydrogens is 394 g/mol. The highest BCUT2D eigenvalue weighted by Crippen LogP contribution is 2.47. The van der Waals surface area contributed by atoms with Gasteiger partial charge in [0.2, 0.25) is 9.84 Å². The van der Waals surface area contributed by atoms with E-state index in [0.29, 0.717) is 17.7 Å². The summed E-state index contributed by atoms with van der Waals surface area (Å²) in [6.07, 6.45) is -10.2. The van der Waals surface area contributed by atoms with Crippen LogP contribution in [0.15, 0.2) is 60.0 Å². The fourth-order valence-corrected chi connectivity index (χ4v) is 3.72. The molecule has 0 saturated carbocycles. The first-order valence-corrected chi connectivity index (χ1v) is 8.95. The van der Waals surface area contributed by atoms with Crippen LogP contribution in [0, 0.1) is 6.92 Å². The Labute approximate surface area is 152 Å². The van der Waals surface area contributed by atoms with Crippen LogP contribution in [-0.2, 0) is 15.5 Å². The second kappa shape index (κ2) is 7.03. The molecule has 1 unspecified atom stereocenters. The molecule has 0 heterocycles. The summed E-state index contributed by atoms with van der Waals surface area (Å²) in [4.78, 5) is -0.535. The molecule has 2 nitrogen and oxygen atoms in total. The van der Waals surface area contributed by atoms with Gasteiger partial charge in [0.25, 0.3) is 12.1 Å². The third-order valence-corrected chi connectivity index (χ3v) is 5.72. The van der Waals surface area contributed by atoms with Gasteiger partial charge in [-0.05, 0) is 30.2 Å². The van der Waals surface area contributed by atoms with Gasteiger partial charge in [-0.25, -0.2) is 21.6 Å². The smallest absolute Gasteiger partial charge is 0.222 e. The van der Waals surface area contributed by atoms with Crippen LogP contribution in [0.25, 0.3) is 4.91 Å². The summed E-state index contributed by atoms with van der Waals surface area (Å²) in [6.45, 7) is 5.09. The van der Waals surface area contributed by atoms with Gasteiger partial charge in [0.05, 0.1) is 9.80 Å². The van der Waals surface area contributed by atoms with Crippen LogP contribution < -0.4 is 0 Å². The van der Waals surface area contributed by atoms with E-state index in [9.17, 15) is 34.8 Å². The molecule has 0 aliphatic rings. The van der Waals surface area contributed by atoms with Crippen molar-refractivity contribution >= 4 is 14.7 Å². The number of aryl methyl sites for hydroxylation is 1. The van der Waals surface area contributed by atoms with Gasteiger partial charge >= 0.3 is 6.18 Å². The molecule has 0 saturated heterocycles. The number of sulfone groups is 1. The predicted molar refractivity (Wildman–Crippen MR) is 88.7 cm³/mol. The van der Waals surface area contributed by atoms with E-state index in [0.717, 1.165) is 12.1 Å². The van der Waals surface area contributed by atoms with Crippen molar-refractivity contribution in [1.29, 1.82) is 0 Å². The fraction of sp³-hybridized carbons (Fsp3) is 0.222. The number of alkyl halides is 6. The molecule has 0 N–H and O–H groups in total. The van der Waals surface area contributed by atoms with Crippen LogP contribution in [0.4, 0.5) is 26.3 Å². The molecule has 2 rings (SSSR count). The summed E-state index contributed by atoms with van der Waals surface area (Å²) in [6, 6.07) is 8.44. The molecule has 2 aromatic carbocycles. The number of hydrogen-bond donors (Lipinski definition) is 0. The van der Waals surface area contributed by atoms with E-state index in [2.05, 4.69) is 6.58 Å². The third kappa shape index (κ3) is 3.73. The van der Waals surface area contributed by atoms with E-state index < -0.39 is 38.6 Å². The van der Waals surface area contributed by atoms with Crippen molar-refractivity contribution in [3.63, 3.8) is 0 Å². The van der Waals surface area contributed by atoms with Gasteiger partial charge in [-0.3, -0.25) is 0 Å². The second-order valence-corrected chi connectivity index (χ2v) is 7.80. The molecule has 0 amide bonds. The lowest BCUT2D eigenvalue weighted by Crippen LogP contribution is -2.44. The van der Waals surface area contributed by atoms with Crippen molar-refractivity contribution in [2.45, 2.75) is 30.1 Å². The van der Waals surface area contributed by atoms with Gasteiger partial charge in [0.1, 0.15) is 0 Å². The molecule has 0 fully saturated rings. The Balaban J connectivity index is 2.44. The minimum atomic E-state index is -5.84. The van der Waals surface area contributed by atoms with E-state index in [-0.39, 0.29) is 10.5 Å². The first-order chi connectivity index (χ1) is 12.3. The summed E-state index contributed by atoms with van der Waals surface area (Å²) >= 11 is 0. The first kappa shape index (κ1) is 21.0. The molecule has 27 heavy (non-hydrogen) atoms. The summed E-state index contributed by atoms with van der Waals surface area (Å²) in [5.41, 5.74) is -5.67. The molecule has 0 radical (unpaired) electrons. The van der Waals surface area contributed by atoms with Gasteiger partial charge < -0.3 is 0 Å². The highest BCUT2D eigenvalue weighted by Gasteiger charge is 2.63. The summed E-state index contributed by atoms with van der Waals surface area (Å²) in [7, 11) is -4.07. The lowest BCUT2D eigenvalue weighted by molar-refractivity contribution is -0.274.